The molecule has 0 aliphatic carbocycles. The standard InChI is InChI=1S/C4H6IN3/c5-3-1-7-2-8-4(3)6/h1,7H,2H2,(H2,6,8). The molecule has 1 heterocycles. The summed E-state index contributed by atoms with van der Waals surface area (Å²) >= 11 is 2.13. The van der Waals surface area contributed by atoms with Gasteiger partial charge in [0.05, 0.1) is 3.58 Å². The third-order valence-corrected chi connectivity index (χ3v) is 1.68. The first-order valence-electron chi connectivity index (χ1n) is 2.20. The van der Waals surface area contributed by atoms with Gasteiger partial charge in [-0.25, -0.2) is 4.99 Å². The van der Waals surface area contributed by atoms with Crippen LogP contribution in [0, 0.1) is 0 Å². The Morgan fingerprint density at radius 1 is 1.88 bits per heavy atom. The van der Waals surface area contributed by atoms with Crippen LogP contribution >= 0.6 is 22.6 Å². The highest BCUT2D eigenvalue weighted by atomic mass is 127. The van der Waals surface area contributed by atoms with Gasteiger partial charge in [0.1, 0.15) is 12.5 Å². The van der Waals surface area contributed by atoms with E-state index in [9.17, 15) is 0 Å². The van der Waals surface area contributed by atoms with Crippen LogP contribution in [0.3, 0.4) is 0 Å². The third kappa shape index (κ3) is 1.12. The second-order valence-corrected chi connectivity index (χ2v) is 2.56. The Morgan fingerprint density at radius 2 is 2.62 bits per heavy atom. The Hall–Kier alpha value is -0.260. The Bertz CT molecular complexity index is 131. The lowest BCUT2D eigenvalue weighted by atomic mass is 10.5. The lowest BCUT2D eigenvalue weighted by molar-refractivity contribution is 0.870. The topological polar surface area (TPSA) is 50.4 Å². The molecule has 0 aromatic rings. The van der Waals surface area contributed by atoms with Crippen molar-refractivity contribution in [3.05, 3.63) is 9.78 Å². The summed E-state index contributed by atoms with van der Waals surface area (Å²) in [6.07, 6.45) is 1.85. The van der Waals surface area contributed by atoms with E-state index in [2.05, 4.69) is 32.9 Å². The van der Waals surface area contributed by atoms with Gasteiger partial charge < -0.3 is 11.1 Å². The highest BCUT2D eigenvalue weighted by Gasteiger charge is 1.99. The lowest BCUT2D eigenvalue weighted by Crippen LogP contribution is -2.21. The SMILES string of the molecule is NC1=NCNC=C1I. The third-order valence-electron chi connectivity index (χ3n) is 0.814. The van der Waals surface area contributed by atoms with Gasteiger partial charge in [-0.3, -0.25) is 0 Å². The van der Waals surface area contributed by atoms with E-state index in [0.717, 1.165) is 3.58 Å². The molecule has 0 aromatic heterocycles. The summed E-state index contributed by atoms with van der Waals surface area (Å²) in [5.74, 6) is 0.629. The van der Waals surface area contributed by atoms with Crippen molar-refractivity contribution in [3.8, 4) is 0 Å². The van der Waals surface area contributed by atoms with Crippen molar-refractivity contribution in [3.63, 3.8) is 0 Å². The fraction of sp³-hybridized carbons (Fsp3) is 0.250. The molecule has 1 aliphatic heterocycles. The number of nitrogens with two attached hydrogens (primary N) is 1. The molecule has 0 saturated heterocycles. The molecule has 0 fully saturated rings. The molecular formula is C4H6IN3. The van der Waals surface area contributed by atoms with Crippen LogP contribution in [0.1, 0.15) is 0 Å². The minimum atomic E-state index is 0.609. The summed E-state index contributed by atoms with van der Waals surface area (Å²) in [6.45, 7) is 0.609. The zero-order valence-electron chi connectivity index (χ0n) is 4.19. The molecule has 3 nitrogen and oxygen atoms in total. The highest BCUT2D eigenvalue weighted by molar-refractivity contribution is 14.1. The number of aliphatic imine (C=N–C) groups is 1. The van der Waals surface area contributed by atoms with Crippen molar-refractivity contribution in [2.45, 2.75) is 0 Å². The lowest BCUT2D eigenvalue weighted by Gasteiger charge is -2.05. The molecule has 0 amide bonds. The molecule has 0 saturated carbocycles. The van der Waals surface area contributed by atoms with Crippen molar-refractivity contribution >= 4 is 28.4 Å². The largest absolute Gasteiger partial charge is 0.383 e. The predicted molar refractivity (Wildman–Crippen MR) is 41.7 cm³/mol. The number of amidine groups is 1. The average molecular weight is 223 g/mol. The van der Waals surface area contributed by atoms with Crippen molar-refractivity contribution in [2.24, 2.45) is 10.7 Å². The van der Waals surface area contributed by atoms with Gasteiger partial charge in [-0.1, -0.05) is 0 Å². The number of nitrogens with zero attached hydrogens (tertiary/aromatic N) is 1. The molecule has 0 radical (unpaired) electrons. The van der Waals surface area contributed by atoms with Gasteiger partial charge in [0, 0.05) is 6.20 Å². The first-order valence-corrected chi connectivity index (χ1v) is 3.28. The second kappa shape index (κ2) is 2.34. The normalized spacial score (nSPS) is 18.6. The predicted octanol–water partition coefficient (Wildman–Crippen LogP) is 0.181. The number of hydrogen-bond acceptors (Lipinski definition) is 3. The van der Waals surface area contributed by atoms with Gasteiger partial charge in [0.15, 0.2) is 0 Å². The van der Waals surface area contributed by atoms with Crippen LogP contribution in [0.4, 0.5) is 0 Å². The van der Waals surface area contributed by atoms with Gasteiger partial charge in [0.25, 0.3) is 0 Å². The molecular weight excluding hydrogens is 217 g/mol. The van der Waals surface area contributed by atoms with E-state index in [1.807, 2.05) is 6.20 Å². The molecule has 0 aromatic carbocycles. The molecule has 0 unspecified atom stereocenters. The van der Waals surface area contributed by atoms with Gasteiger partial charge in [-0.2, -0.15) is 0 Å². The van der Waals surface area contributed by atoms with Crippen LogP contribution < -0.4 is 11.1 Å². The van der Waals surface area contributed by atoms with Crippen molar-refractivity contribution in [1.29, 1.82) is 0 Å². The van der Waals surface area contributed by atoms with E-state index in [1.165, 1.54) is 0 Å². The summed E-state index contributed by atoms with van der Waals surface area (Å²) < 4.78 is 0.980. The van der Waals surface area contributed by atoms with Crippen molar-refractivity contribution < 1.29 is 0 Å². The Kier molecular flexibility index (Phi) is 1.72. The quantitative estimate of drug-likeness (QED) is 0.575. The maximum Gasteiger partial charge on any atom is 0.135 e. The van der Waals surface area contributed by atoms with Gasteiger partial charge in [-0.15, -0.1) is 0 Å². The van der Waals surface area contributed by atoms with Gasteiger partial charge in [-0.05, 0) is 22.6 Å². The molecule has 3 N–H and O–H groups in total. The van der Waals surface area contributed by atoms with Gasteiger partial charge >= 0.3 is 0 Å². The molecule has 44 valence electrons. The van der Waals surface area contributed by atoms with E-state index >= 15 is 0 Å². The number of rotatable bonds is 0. The van der Waals surface area contributed by atoms with Crippen LogP contribution in [0.5, 0.6) is 0 Å². The molecule has 8 heavy (non-hydrogen) atoms. The maximum atomic E-state index is 5.41. The van der Waals surface area contributed by atoms with E-state index in [1.54, 1.807) is 0 Å². The first kappa shape index (κ1) is 5.87. The zero-order chi connectivity index (χ0) is 5.98. The van der Waals surface area contributed by atoms with Crippen LogP contribution in [0.2, 0.25) is 0 Å². The number of halogens is 1. The van der Waals surface area contributed by atoms with E-state index < -0.39 is 0 Å². The zero-order valence-corrected chi connectivity index (χ0v) is 6.34. The fourth-order valence-corrected chi connectivity index (χ4v) is 0.806. The van der Waals surface area contributed by atoms with E-state index in [0.29, 0.717) is 12.5 Å². The Morgan fingerprint density at radius 3 is 3.00 bits per heavy atom. The Labute approximate surface area is 61.2 Å². The number of hydrogen-bond donors (Lipinski definition) is 2. The van der Waals surface area contributed by atoms with Crippen LogP contribution in [-0.4, -0.2) is 12.5 Å². The summed E-state index contributed by atoms with van der Waals surface area (Å²) in [7, 11) is 0. The second-order valence-electron chi connectivity index (χ2n) is 1.40. The molecule has 0 bridgehead atoms. The van der Waals surface area contributed by atoms with E-state index in [-0.39, 0.29) is 0 Å². The monoisotopic (exact) mass is 223 g/mol. The minimum Gasteiger partial charge on any atom is -0.383 e. The molecule has 1 aliphatic rings. The first-order chi connectivity index (χ1) is 3.80. The van der Waals surface area contributed by atoms with E-state index in [4.69, 9.17) is 5.73 Å². The van der Waals surface area contributed by atoms with Crippen LogP contribution in [0.15, 0.2) is 14.8 Å². The highest BCUT2D eigenvalue weighted by Crippen LogP contribution is 2.05. The van der Waals surface area contributed by atoms with Crippen molar-refractivity contribution in [1.82, 2.24) is 5.32 Å². The molecule has 4 heteroatoms. The smallest absolute Gasteiger partial charge is 0.135 e. The molecule has 0 spiro atoms. The average Bonchev–Trinajstić information content (AvgIpc) is 1.77. The van der Waals surface area contributed by atoms with Crippen molar-refractivity contribution in [2.75, 3.05) is 6.67 Å². The van der Waals surface area contributed by atoms with Gasteiger partial charge in [0.2, 0.25) is 0 Å². The van der Waals surface area contributed by atoms with Crippen LogP contribution in [0.25, 0.3) is 0 Å². The molecule has 0 atom stereocenters. The van der Waals surface area contributed by atoms with Crippen LogP contribution in [-0.2, 0) is 0 Å². The summed E-state index contributed by atoms with van der Waals surface area (Å²) in [5, 5.41) is 2.93. The summed E-state index contributed by atoms with van der Waals surface area (Å²) in [6, 6.07) is 0. The molecule has 1 rings (SSSR count). The fourth-order valence-electron chi connectivity index (χ4n) is 0.416. The summed E-state index contributed by atoms with van der Waals surface area (Å²) in [5.41, 5.74) is 5.41. The minimum absolute atomic E-state index is 0.609. The maximum absolute atomic E-state index is 5.41. The Balaban J connectivity index is 2.73. The number of nitrogens with one attached hydrogen (secondary N) is 1. The summed E-state index contributed by atoms with van der Waals surface area (Å²) in [4.78, 5) is 3.92.